The molecule has 1 aromatic rings. The Bertz CT molecular complexity index is 393. The van der Waals surface area contributed by atoms with E-state index in [9.17, 15) is 4.79 Å². The first-order valence-corrected chi connectivity index (χ1v) is 5.89. The molecular weight excluding hydrogens is 216 g/mol. The molecule has 0 saturated heterocycles. The van der Waals surface area contributed by atoms with Gasteiger partial charge in [0.05, 0.1) is 0 Å². The van der Waals surface area contributed by atoms with Crippen LogP contribution in [0.5, 0.6) is 0 Å². The SMILES string of the molecule is COCC(=O)NCC1CCNc2ccccc21. The van der Waals surface area contributed by atoms with Gasteiger partial charge in [-0.3, -0.25) is 4.79 Å². The average molecular weight is 234 g/mol. The van der Waals surface area contributed by atoms with Gasteiger partial charge in [-0.2, -0.15) is 0 Å². The lowest BCUT2D eigenvalue weighted by Gasteiger charge is -2.26. The molecule has 17 heavy (non-hydrogen) atoms. The van der Waals surface area contributed by atoms with Gasteiger partial charge in [-0.05, 0) is 18.1 Å². The van der Waals surface area contributed by atoms with Gasteiger partial charge in [-0.1, -0.05) is 18.2 Å². The highest BCUT2D eigenvalue weighted by molar-refractivity contribution is 5.77. The Morgan fingerprint density at radius 2 is 2.35 bits per heavy atom. The van der Waals surface area contributed by atoms with Crippen molar-refractivity contribution in [3.05, 3.63) is 29.8 Å². The first kappa shape index (κ1) is 11.9. The van der Waals surface area contributed by atoms with Gasteiger partial charge in [0.1, 0.15) is 6.61 Å². The fraction of sp³-hybridized carbons (Fsp3) is 0.462. The first-order valence-electron chi connectivity index (χ1n) is 5.89. The summed E-state index contributed by atoms with van der Waals surface area (Å²) in [5.41, 5.74) is 2.47. The zero-order chi connectivity index (χ0) is 12.1. The summed E-state index contributed by atoms with van der Waals surface area (Å²) in [6, 6.07) is 8.26. The fourth-order valence-electron chi connectivity index (χ4n) is 2.18. The molecule has 0 aromatic heterocycles. The van der Waals surface area contributed by atoms with E-state index in [1.54, 1.807) is 0 Å². The van der Waals surface area contributed by atoms with Gasteiger partial charge in [0.2, 0.25) is 5.91 Å². The van der Waals surface area contributed by atoms with E-state index in [1.807, 2.05) is 12.1 Å². The molecule has 0 fully saturated rings. The van der Waals surface area contributed by atoms with E-state index in [-0.39, 0.29) is 12.5 Å². The van der Waals surface area contributed by atoms with Crippen molar-refractivity contribution in [3.63, 3.8) is 0 Å². The zero-order valence-electron chi connectivity index (χ0n) is 10.0. The Labute approximate surface area is 101 Å². The van der Waals surface area contributed by atoms with Crippen molar-refractivity contribution in [1.82, 2.24) is 5.32 Å². The van der Waals surface area contributed by atoms with Crippen molar-refractivity contribution < 1.29 is 9.53 Å². The lowest BCUT2D eigenvalue weighted by atomic mass is 9.91. The Morgan fingerprint density at radius 3 is 3.18 bits per heavy atom. The molecule has 0 aliphatic carbocycles. The van der Waals surface area contributed by atoms with Gasteiger partial charge >= 0.3 is 0 Å². The minimum Gasteiger partial charge on any atom is -0.385 e. The molecule has 92 valence electrons. The van der Waals surface area contributed by atoms with E-state index >= 15 is 0 Å². The molecule has 2 rings (SSSR count). The summed E-state index contributed by atoms with van der Waals surface area (Å²) in [7, 11) is 1.53. The maximum Gasteiger partial charge on any atom is 0.246 e. The molecule has 1 heterocycles. The second kappa shape index (κ2) is 5.68. The third-order valence-corrected chi connectivity index (χ3v) is 3.03. The molecule has 0 saturated carbocycles. The van der Waals surface area contributed by atoms with Crippen LogP contribution in [0.15, 0.2) is 24.3 Å². The average Bonchev–Trinajstić information content (AvgIpc) is 2.36. The van der Waals surface area contributed by atoms with Crippen LogP contribution in [-0.2, 0) is 9.53 Å². The van der Waals surface area contributed by atoms with Crippen LogP contribution in [0.2, 0.25) is 0 Å². The molecule has 0 spiro atoms. The van der Waals surface area contributed by atoms with Gasteiger partial charge in [-0.25, -0.2) is 0 Å². The Balaban J connectivity index is 1.97. The highest BCUT2D eigenvalue weighted by Crippen LogP contribution is 2.30. The van der Waals surface area contributed by atoms with E-state index in [0.29, 0.717) is 12.5 Å². The number of rotatable bonds is 4. The lowest BCUT2D eigenvalue weighted by molar-refractivity contribution is -0.124. The Kier molecular flexibility index (Phi) is 3.98. The molecule has 1 atom stereocenters. The summed E-state index contributed by atoms with van der Waals surface area (Å²) in [5.74, 6) is 0.344. The number of hydrogen-bond donors (Lipinski definition) is 2. The van der Waals surface area contributed by atoms with E-state index in [1.165, 1.54) is 18.4 Å². The second-order valence-corrected chi connectivity index (χ2v) is 4.24. The molecule has 1 aliphatic heterocycles. The molecule has 4 nitrogen and oxygen atoms in total. The zero-order valence-corrected chi connectivity index (χ0v) is 10.0. The normalized spacial score (nSPS) is 18.1. The molecule has 0 bridgehead atoms. The van der Waals surface area contributed by atoms with Crippen molar-refractivity contribution in [3.8, 4) is 0 Å². The molecular formula is C13H18N2O2. The summed E-state index contributed by atoms with van der Waals surface area (Å²) >= 11 is 0. The van der Waals surface area contributed by atoms with Gasteiger partial charge in [0.25, 0.3) is 0 Å². The van der Waals surface area contributed by atoms with Gasteiger partial charge in [0, 0.05) is 31.8 Å². The monoisotopic (exact) mass is 234 g/mol. The third kappa shape index (κ3) is 2.97. The van der Waals surface area contributed by atoms with Crippen molar-refractivity contribution in [1.29, 1.82) is 0 Å². The van der Waals surface area contributed by atoms with Crippen molar-refractivity contribution >= 4 is 11.6 Å². The molecule has 1 aliphatic rings. The first-order chi connectivity index (χ1) is 8.31. The summed E-state index contributed by atoms with van der Waals surface area (Å²) in [6.07, 6.45) is 1.05. The number of nitrogens with one attached hydrogen (secondary N) is 2. The second-order valence-electron chi connectivity index (χ2n) is 4.24. The predicted molar refractivity (Wildman–Crippen MR) is 67.2 cm³/mol. The van der Waals surface area contributed by atoms with Crippen molar-refractivity contribution in [2.75, 3.05) is 32.1 Å². The summed E-state index contributed by atoms with van der Waals surface area (Å²) < 4.78 is 4.79. The molecule has 2 N–H and O–H groups in total. The van der Waals surface area contributed by atoms with Crippen LogP contribution in [0.1, 0.15) is 17.9 Å². The molecule has 4 heteroatoms. The minimum atomic E-state index is -0.0523. The number of carbonyl (C=O) groups excluding carboxylic acids is 1. The number of fused-ring (bicyclic) bond motifs is 1. The van der Waals surface area contributed by atoms with Crippen LogP contribution in [0.3, 0.4) is 0 Å². The van der Waals surface area contributed by atoms with E-state index in [4.69, 9.17) is 4.74 Å². The topological polar surface area (TPSA) is 50.4 Å². The highest BCUT2D eigenvalue weighted by Gasteiger charge is 2.19. The maximum atomic E-state index is 11.3. The number of amides is 1. The van der Waals surface area contributed by atoms with Crippen LogP contribution >= 0.6 is 0 Å². The number of carbonyl (C=O) groups is 1. The molecule has 0 radical (unpaired) electrons. The molecule has 1 aromatic carbocycles. The van der Waals surface area contributed by atoms with E-state index < -0.39 is 0 Å². The molecule has 1 unspecified atom stereocenters. The van der Waals surface area contributed by atoms with Crippen LogP contribution in [0, 0.1) is 0 Å². The fourth-order valence-corrected chi connectivity index (χ4v) is 2.18. The largest absolute Gasteiger partial charge is 0.385 e. The predicted octanol–water partition coefficient (Wildman–Crippen LogP) is 1.35. The Morgan fingerprint density at radius 1 is 1.53 bits per heavy atom. The number of anilines is 1. The van der Waals surface area contributed by atoms with Gasteiger partial charge in [0.15, 0.2) is 0 Å². The third-order valence-electron chi connectivity index (χ3n) is 3.03. The van der Waals surface area contributed by atoms with Gasteiger partial charge in [-0.15, -0.1) is 0 Å². The Hall–Kier alpha value is -1.55. The summed E-state index contributed by atoms with van der Waals surface area (Å²) in [4.78, 5) is 11.3. The van der Waals surface area contributed by atoms with Crippen molar-refractivity contribution in [2.45, 2.75) is 12.3 Å². The van der Waals surface area contributed by atoms with Crippen LogP contribution in [0.25, 0.3) is 0 Å². The number of para-hydroxylation sites is 1. The smallest absolute Gasteiger partial charge is 0.246 e. The maximum absolute atomic E-state index is 11.3. The summed E-state index contributed by atoms with van der Waals surface area (Å²) in [5, 5.41) is 6.27. The van der Waals surface area contributed by atoms with E-state index in [2.05, 4.69) is 22.8 Å². The number of ether oxygens (including phenoxy) is 1. The van der Waals surface area contributed by atoms with Crippen LogP contribution in [-0.4, -0.2) is 32.7 Å². The lowest BCUT2D eigenvalue weighted by Crippen LogP contribution is -2.33. The van der Waals surface area contributed by atoms with Crippen molar-refractivity contribution in [2.24, 2.45) is 0 Å². The van der Waals surface area contributed by atoms with Crippen LogP contribution < -0.4 is 10.6 Å². The number of hydrogen-bond acceptors (Lipinski definition) is 3. The van der Waals surface area contributed by atoms with E-state index in [0.717, 1.165) is 13.0 Å². The number of methoxy groups -OCH3 is 1. The van der Waals surface area contributed by atoms with Gasteiger partial charge < -0.3 is 15.4 Å². The van der Waals surface area contributed by atoms with Crippen LogP contribution in [0.4, 0.5) is 5.69 Å². The highest BCUT2D eigenvalue weighted by atomic mass is 16.5. The molecule has 1 amide bonds. The minimum absolute atomic E-state index is 0.0523. The quantitative estimate of drug-likeness (QED) is 0.826. The standard InChI is InChI=1S/C13H18N2O2/c1-17-9-13(16)15-8-10-6-7-14-12-5-3-2-4-11(10)12/h2-5,10,14H,6-9H2,1H3,(H,15,16). The summed E-state index contributed by atoms with van der Waals surface area (Å²) in [6.45, 7) is 1.77. The number of benzene rings is 1.